The predicted molar refractivity (Wildman–Crippen MR) is 123 cm³/mol. The largest absolute Gasteiger partial charge is 0.507 e. The Kier molecular flexibility index (Phi) is 8.35. The van der Waals surface area contributed by atoms with Gasteiger partial charge in [0.05, 0.1) is 30.2 Å². The molecule has 8 nitrogen and oxygen atoms in total. The molecular formula is C23H28ClN3O5. The number of carbonyl (C=O) groups excluding carboxylic acids is 1. The number of nitrogens with two attached hydrogens (primary N) is 1. The number of nitrogens with zero attached hydrogens (tertiary/aromatic N) is 1. The van der Waals surface area contributed by atoms with Gasteiger partial charge in [-0.05, 0) is 24.1 Å². The number of aromatic hydroxyl groups is 2. The molecule has 1 fully saturated rings. The molecule has 9 heteroatoms. The van der Waals surface area contributed by atoms with Gasteiger partial charge < -0.3 is 25.1 Å². The summed E-state index contributed by atoms with van der Waals surface area (Å²) in [6.07, 6.45) is -0.0293. The Bertz CT molecular complexity index is 990. The van der Waals surface area contributed by atoms with Crippen molar-refractivity contribution in [3.8, 4) is 11.5 Å². The zero-order valence-electron chi connectivity index (χ0n) is 17.9. The quantitative estimate of drug-likeness (QED) is 0.271. The van der Waals surface area contributed by atoms with Crippen LogP contribution in [0.2, 0.25) is 5.02 Å². The summed E-state index contributed by atoms with van der Waals surface area (Å²) in [7, 11) is 0. The van der Waals surface area contributed by atoms with Crippen LogP contribution < -0.4 is 11.2 Å². The van der Waals surface area contributed by atoms with Crippen LogP contribution >= 0.6 is 11.6 Å². The molecule has 1 heterocycles. The fraction of sp³-hybridized carbons (Fsp3) is 0.348. The average Bonchev–Trinajstić information content (AvgIpc) is 2.78. The van der Waals surface area contributed by atoms with Gasteiger partial charge in [0, 0.05) is 37.8 Å². The first-order valence-corrected chi connectivity index (χ1v) is 10.8. The topological polar surface area (TPSA) is 117 Å². The molecule has 172 valence electrons. The van der Waals surface area contributed by atoms with Crippen LogP contribution in [-0.2, 0) is 20.9 Å². The number of hydrogen-bond acceptors (Lipinski definition) is 7. The molecule has 0 spiro atoms. The van der Waals surface area contributed by atoms with Crippen LogP contribution in [0, 0.1) is 0 Å². The summed E-state index contributed by atoms with van der Waals surface area (Å²) < 4.78 is 5.44. The third-order valence-corrected chi connectivity index (χ3v) is 5.56. The molecular weight excluding hydrogens is 434 g/mol. The molecule has 0 bridgehead atoms. The Balaban J connectivity index is 2.14. The Morgan fingerprint density at radius 1 is 1.19 bits per heavy atom. The van der Waals surface area contributed by atoms with Gasteiger partial charge in [-0.2, -0.15) is 5.90 Å². The van der Waals surface area contributed by atoms with Crippen LogP contribution in [0.1, 0.15) is 30.0 Å². The van der Waals surface area contributed by atoms with Crippen molar-refractivity contribution >= 4 is 28.8 Å². The summed E-state index contributed by atoms with van der Waals surface area (Å²) in [6, 6.07) is 10.1. The Morgan fingerprint density at radius 3 is 2.59 bits per heavy atom. The summed E-state index contributed by atoms with van der Waals surface area (Å²) >= 11 is 6.08. The van der Waals surface area contributed by atoms with E-state index in [0.29, 0.717) is 31.9 Å². The molecule has 2 aromatic rings. The molecule has 0 radical (unpaired) electrons. The highest BCUT2D eigenvalue weighted by Crippen LogP contribution is 2.39. The maximum atomic E-state index is 12.6. The van der Waals surface area contributed by atoms with Gasteiger partial charge in [0.2, 0.25) is 5.91 Å². The number of carbonyl (C=O) groups is 1. The van der Waals surface area contributed by atoms with Crippen LogP contribution in [-0.4, -0.2) is 53.9 Å². The van der Waals surface area contributed by atoms with Gasteiger partial charge in [-0.15, -0.1) is 0 Å². The molecule has 0 aliphatic carbocycles. The van der Waals surface area contributed by atoms with E-state index in [1.54, 1.807) is 0 Å². The fourth-order valence-corrected chi connectivity index (χ4v) is 3.86. The minimum absolute atomic E-state index is 0.0197. The molecule has 0 aromatic heterocycles. The number of phenolic OH excluding ortho intramolecular Hbond substituents is 2. The number of morpholine rings is 1. The first kappa shape index (κ1) is 23.9. The van der Waals surface area contributed by atoms with E-state index in [0.717, 1.165) is 30.3 Å². The van der Waals surface area contributed by atoms with E-state index in [2.05, 4.69) is 10.2 Å². The number of amides is 1. The highest BCUT2D eigenvalue weighted by atomic mass is 35.5. The number of phenols is 2. The second kappa shape index (κ2) is 11.2. The maximum Gasteiger partial charge on any atom is 0.224 e. The molecule has 3 rings (SSSR count). The van der Waals surface area contributed by atoms with Crippen LogP contribution in [0.3, 0.4) is 0 Å². The van der Waals surface area contributed by atoms with Gasteiger partial charge in [-0.1, -0.05) is 35.9 Å². The standard InChI is InChI=1S/C23H28ClN3O5/c1-2-26-22(30)12-17(23(32-25)18-11-19(24)21(29)13-20(18)28)16-6-4-3-5-15(16)14-27-7-9-31-10-8-27/h3-6,11,13,28-29H,2,7-10,12,14,25H2,1H3,(H,26,30)/b23-17+. The van der Waals surface area contributed by atoms with E-state index in [1.165, 1.54) is 6.07 Å². The van der Waals surface area contributed by atoms with E-state index >= 15 is 0 Å². The lowest BCUT2D eigenvalue weighted by atomic mass is 9.93. The highest BCUT2D eigenvalue weighted by Gasteiger charge is 2.23. The lowest BCUT2D eigenvalue weighted by Gasteiger charge is -2.28. The first-order valence-electron chi connectivity index (χ1n) is 10.4. The highest BCUT2D eigenvalue weighted by molar-refractivity contribution is 6.32. The lowest BCUT2D eigenvalue weighted by Crippen LogP contribution is -2.35. The van der Waals surface area contributed by atoms with Crippen LogP contribution in [0.4, 0.5) is 0 Å². The third-order valence-electron chi connectivity index (χ3n) is 5.25. The maximum absolute atomic E-state index is 12.6. The smallest absolute Gasteiger partial charge is 0.224 e. The van der Waals surface area contributed by atoms with Crippen molar-refractivity contribution in [2.45, 2.75) is 19.9 Å². The fourth-order valence-electron chi connectivity index (χ4n) is 3.70. The van der Waals surface area contributed by atoms with E-state index < -0.39 is 0 Å². The van der Waals surface area contributed by atoms with Gasteiger partial charge in [-0.25, -0.2) is 0 Å². The summed E-state index contributed by atoms with van der Waals surface area (Å²) in [5, 5.41) is 23.1. The third kappa shape index (κ3) is 5.72. The van der Waals surface area contributed by atoms with Gasteiger partial charge >= 0.3 is 0 Å². The molecule has 1 aliphatic heterocycles. The van der Waals surface area contributed by atoms with Crippen molar-refractivity contribution in [1.82, 2.24) is 10.2 Å². The minimum Gasteiger partial charge on any atom is -0.507 e. The molecule has 1 amide bonds. The summed E-state index contributed by atoms with van der Waals surface area (Å²) in [6.45, 7) is 5.90. The van der Waals surface area contributed by atoms with Gasteiger partial charge in [0.15, 0.2) is 5.76 Å². The van der Waals surface area contributed by atoms with Crippen LogP contribution in [0.25, 0.3) is 11.3 Å². The van der Waals surface area contributed by atoms with Crippen LogP contribution in [0.15, 0.2) is 36.4 Å². The van der Waals surface area contributed by atoms with Crippen LogP contribution in [0.5, 0.6) is 11.5 Å². The predicted octanol–water partition coefficient (Wildman–Crippen LogP) is 2.87. The number of benzene rings is 2. The minimum atomic E-state index is -0.276. The van der Waals surface area contributed by atoms with Crippen molar-refractivity contribution < 1.29 is 24.6 Å². The molecule has 0 atom stereocenters. The van der Waals surface area contributed by atoms with Crippen molar-refractivity contribution in [2.24, 2.45) is 5.90 Å². The van der Waals surface area contributed by atoms with E-state index in [-0.39, 0.29) is 40.2 Å². The second-order valence-corrected chi connectivity index (χ2v) is 7.83. The molecule has 2 aromatic carbocycles. The number of halogens is 1. The molecule has 1 aliphatic rings. The Morgan fingerprint density at radius 2 is 1.91 bits per heavy atom. The van der Waals surface area contributed by atoms with E-state index in [9.17, 15) is 15.0 Å². The van der Waals surface area contributed by atoms with Crippen molar-refractivity contribution in [1.29, 1.82) is 0 Å². The van der Waals surface area contributed by atoms with Crippen molar-refractivity contribution in [2.75, 3.05) is 32.8 Å². The Hall–Kier alpha value is -2.78. The van der Waals surface area contributed by atoms with E-state index in [1.807, 2.05) is 31.2 Å². The number of hydrogen-bond donors (Lipinski definition) is 4. The molecule has 0 unspecified atom stereocenters. The summed E-state index contributed by atoms with van der Waals surface area (Å²) in [4.78, 5) is 20.1. The zero-order valence-corrected chi connectivity index (χ0v) is 18.7. The molecule has 0 saturated carbocycles. The Labute approximate surface area is 192 Å². The van der Waals surface area contributed by atoms with Crippen molar-refractivity contribution in [3.05, 3.63) is 58.1 Å². The average molecular weight is 462 g/mol. The normalized spacial score (nSPS) is 15.2. The lowest BCUT2D eigenvalue weighted by molar-refractivity contribution is -0.119. The second-order valence-electron chi connectivity index (χ2n) is 7.42. The molecule has 1 saturated heterocycles. The van der Waals surface area contributed by atoms with Crippen molar-refractivity contribution in [3.63, 3.8) is 0 Å². The van der Waals surface area contributed by atoms with Gasteiger partial charge in [0.1, 0.15) is 11.5 Å². The van der Waals surface area contributed by atoms with E-state index in [4.69, 9.17) is 27.1 Å². The number of ether oxygens (including phenoxy) is 1. The van der Waals surface area contributed by atoms with Gasteiger partial charge in [0.25, 0.3) is 0 Å². The zero-order chi connectivity index (χ0) is 23.1. The number of rotatable bonds is 8. The molecule has 5 N–H and O–H groups in total. The summed E-state index contributed by atoms with van der Waals surface area (Å²) in [5.41, 5.74) is 2.43. The monoisotopic (exact) mass is 461 g/mol. The summed E-state index contributed by atoms with van der Waals surface area (Å²) in [5.74, 6) is 4.99. The molecule has 32 heavy (non-hydrogen) atoms. The number of nitrogens with one attached hydrogen (secondary N) is 1. The van der Waals surface area contributed by atoms with Gasteiger partial charge in [-0.3, -0.25) is 9.69 Å². The SMILES string of the molecule is CCNC(=O)C/C(=C(\ON)c1cc(Cl)c(O)cc1O)c1ccccc1CN1CCOCC1. The first-order chi connectivity index (χ1) is 15.4.